The van der Waals surface area contributed by atoms with Crippen molar-refractivity contribution in [3.8, 4) is 0 Å². The molecule has 2 atom stereocenters. The van der Waals surface area contributed by atoms with Crippen LogP contribution >= 0.6 is 0 Å². The van der Waals surface area contributed by atoms with Crippen molar-refractivity contribution in [1.82, 2.24) is 9.96 Å². The van der Waals surface area contributed by atoms with Gasteiger partial charge in [-0.2, -0.15) is 0 Å². The van der Waals surface area contributed by atoms with E-state index in [1.165, 1.54) is 18.2 Å². The van der Waals surface area contributed by atoms with Crippen LogP contribution in [0, 0.1) is 5.41 Å². The van der Waals surface area contributed by atoms with Crippen molar-refractivity contribution in [2.24, 2.45) is 5.41 Å². The molecule has 0 bridgehead atoms. The smallest absolute Gasteiger partial charge is 0.333 e. The zero-order valence-corrected chi connectivity index (χ0v) is 39.3. The third kappa shape index (κ3) is 10.5. The molecule has 0 radical (unpaired) electrons. The molecule has 15 nitrogen and oxygen atoms in total. The molecule has 2 amide bonds. The Hall–Kier alpha value is -5.07. The Balaban J connectivity index is 1.36. The van der Waals surface area contributed by atoms with Gasteiger partial charge in [-0.1, -0.05) is 51.2 Å². The Bertz CT molecular complexity index is 2550. The number of imide groups is 1. The van der Waals surface area contributed by atoms with E-state index in [0.29, 0.717) is 35.2 Å². The maximum atomic E-state index is 12.8. The first-order valence-corrected chi connectivity index (χ1v) is 24.3. The minimum Gasteiger partial charge on any atom is -0.748 e. The van der Waals surface area contributed by atoms with E-state index in [9.17, 15) is 40.3 Å². The third-order valence-corrected chi connectivity index (χ3v) is 13.7. The van der Waals surface area contributed by atoms with Crippen LogP contribution in [0.15, 0.2) is 117 Å². The Labute approximate surface area is 376 Å². The fraction of sp³-hybridized carbons (Fsp3) is 0.468. The summed E-state index contributed by atoms with van der Waals surface area (Å²) in [5.74, 6) is -1.87. The quantitative estimate of drug-likeness (QED) is 0.0986. The number of benzene rings is 1. The second-order valence-corrected chi connectivity index (χ2v) is 21.3. The van der Waals surface area contributed by atoms with Crippen LogP contribution in [0.4, 0.5) is 5.69 Å². The number of nitrogens with zero attached hydrogens (tertiary/aromatic N) is 3. The summed E-state index contributed by atoms with van der Waals surface area (Å²) in [5, 5.41) is 0.471. The highest BCUT2D eigenvalue weighted by Crippen LogP contribution is 2.52. The highest BCUT2D eigenvalue weighted by molar-refractivity contribution is 7.86. The molecule has 4 heterocycles. The standard InChI is InChI=1S/C47H59N3O12S2/c1-31-30-46(5,6)49(23-24-60-8)38-29-39-35(28-34(31)38)32(26-41(61-39)45(2,3)4)14-10-9-11-15-40-47(7,21-12-16-44(53)62-50-42(51)19-20-43(50)52)36-27-33(64(57,58)59)17-18-37(36)48(40)22-13-25-63(54,55)56/h9-11,14-15,17-18,26-30,39H,12-13,16,19-25H2,1-8H3,(H,54,55,56)(H,57,58,59)/p-2/b11-9+,14-10+,40-15-. The van der Waals surface area contributed by atoms with Crippen LogP contribution in [0.3, 0.4) is 0 Å². The Kier molecular flexibility index (Phi) is 13.9. The van der Waals surface area contributed by atoms with Gasteiger partial charge in [-0.3, -0.25) is 9.59 Å². The molecule has 1 fully saturated rings. The summed E-state index contributed by atoms with van der Waals surface area (Å²) in [4.78, 5) is 45.7. The van der Waals surface area contributed by atoms with Gasteiger partial charge in [0.15, 0.2) is 0 Å². The maximum Gasteiger partial charge on any atom is 0.333 e. The molecule has 2 unspecified atom stereocenters. The summed E-state index contributed by atoms with van der Waals surface area (Å²) in [7, 11) is -7.76. The van der Waals surface area contributed by atoms with Crippen LogP contribution in [-0.2, 0) is 54.3 Å². The van der Waals surface area contributed by atoms with Crippen LogP contribution in [0.5, 0.6) is 0 Å². The van der Waals surface area contributed by atoms with Crippen LogP contribution in [0.25, 0.3) is 0 Å². The van der Waals surface area contributed by atoms with E-state index in [2.05, 4.69) is 70.7 Å². The molecule has 1 saturated heterocycles. The van der Waals surface area contributed by atoms with E-state index in [0.717, 1.165) is 33.7 Å². The molecule has 346 valence electrons. The minimum atomic E-state index is -4.89. The molecule has 64 heavy (non-hydrogen) atoms. The predicted molar refractivity (Wildman–Crippen MR) is 238 cm³/mol. The first-order chi connectivity index (χ1) is 29.8. The highest BCUT2D eigenvalue weighted by atomic mass is 32.2. The van der Waals surface area contributed by atoms with Gasteiger partial charge in [-0.15, -0.1) is 5.06 Å². The number of hydrogen-bond donors (Lipinski definition) is 0. The van der Waals surface area contributed by atoms with Gasteiger partial charge in [0.25, 0.3) is 11.8 Å². The first kappa shape index (κ1) is 48.4. The fourth-order valence-electron chi connectivity index (χ4n) is 8.90. The first-order valence-electron chi connectivity index (χ1n) is 21.3. The molecule has 5 aliphatic rings. The average molecular weight is 920 g/mol. The monoisotopic (exact) mass is 919 g/mol. The maximum absolute atomic E-state index is 12.8. The number of fused-ring (bicyclic) bond motifs is 3. The van der Waals surface area contributed by atoms with Gasteiger partial charge in [0.05, 0.1) is 27.2 Å². The Morgan fingerprint density at radius 2 is 1.69 bits per heavy atom. The number of methoxy groups -OCH3 is 1. The summed E-state index contributed by atoms with van der Waals surface area (Å²) in [6.07, 6.45) is 17.6. The van der Waals surface area contributed by atoms with Crippen molar-refractivity contribution >= 4 is 43.7 Å². The number of rotatable bonds is 16. The third-order valence-electron chi connectivity index (χ3n) is 12.1. The van der Waals surface area contributed by atoms with Gasteiger partial charge >= 0.3 is 5.97 Å². The number of anilines is 1. The lowest BCUT2D eigenvalue weighted by atomic mass is 9.77. The molecular weight excluding hydrogens is 863 g/mol. The summed E-state index contributed by atoms with van der Waals surface area (Å²) in [5.41, 5.74) is 5.23. The normalized spacial score (nSPS) is 23.0. The summed E-state index contributed by atoms with van der Waals surface area (Å²) in [6.45, 7) is 15.9. The number of carbonyl (C=O) groups is 3. The van der Waals surface area contributed by atoms with Gasteiger partial charge in [-0.05, 0) is 106 Å². The molecular formula is C47H57N3O12S2-2. The predicted octanol–water partition coefficient (Wildman–Crippen LogP) is 6.51. The number of carbonyl (C=O) groups excluding carboxylic acids is 3. The van der Waals surface area contributed by atoms with E-state index >= 15 is 0 Å². The number of allylic oxidation sites excluding steroid dienone is 10. The van der Waals surface area contributed by atoms with Crippen LogP contribution in [0.2, 0.25) is 0 Å². The molecule has 0 aromatic heterocycles. The van der Waals surface area contributed by atoms with Crippen molar-refractivity contribution in [3.63, 3.8) is 0 Å². The van der Waals surface area contributed by atoms with E-state index in [-0.39, 0.29) is 62.1 Å². The number of amides is 2. The Morgan fingerprint density at radius 1 is 0.984 bits per heavy atom. The highest BCUT2D eigenvalue weighted by Gasteiger charge is 2.44. The van der Waals surface area contributed by atoms with Gasteiger partial charge in [0.1, 0.15) is 22.0 Å². The number of hydroxylamine groups is 2. The molecule has 17 heteroatoms. The van der Waals surface area contributed by atoms with Crippen LogP contribution < -0.4 is 4.90 Å². The largest absolute Gasteiger partial charge is 0.748 e. The summed E-state index contributed by atoms with van der Waals surface area (Å²) in [6, 6.07) is 3.94. The number of ether oxygens (including phenoxy) is 2. The topological polar surface area (TPSA) is 203 Å². The van der Waals surface area contributed by atoms with E-state index in [1.807, 2.05) is 25.2 Å². The van der Waals surface area contributed by atoms with Gasteiger partial charge in [-0.25, -0.2) is 21.6 Å². The van der Waals surface area contributed by atoms with Crippen molar-refractivity contribution in [2.45, 2.75) is 109 Å². The SMILES string of the molecule is COCCN1C2=CC3OC(C(C)(C)C)=CC(/C=C/C=C/C=C4\N(CCCS(=O)(=O)[O-])c5ccc(S(=O)(=O)[O-])cc5C4(C)CCCC(=O)ON4C(=O)CCC4=O)=C3C=C2C(C)=CC1(C)C. The zero-order chi connectivity index (χ0) is 47.0. The second-order valence-electron chi connectivity index (χ2n) is 18.4. The molecule has 0 N–H and O–H groups in total. The van der Waals surface area contributed by atoms with Crippen molar-refractivity contribution in [2.75, 3.05) is 37.5 Å². The Morgan fingerprint density at radius 3 is 2.33 bits per heavy atom. The average Bonchev–Trinajstić information content (AvgIpc) is 3.62. The molecule has 4 aliphatic heterocycles. The van der Waals surface area contributed by atoms with Gasteiger partial charge in [0.2, 0.25) is 0 Å². The molecule has 6 rings (SSSR count). The molecule has 1 aromatic carbocycles. The van der Waals surface area contributed by atoms with Crippen molar-refractivity contribution in [3.05, 3.63) is 118 Å². The minimum absolute atomic E-state index is 0.0559. The van der Waals surface area contributed by atoms with E-state index < -0.39 is 54.1 Å². The van der Waals surface area contributed by atoms with Crippen LogP contribution in [0.1, 0.15) is 92.6 Å². The van der Waals surface area contributed by atoms with Crippen molar-refractivity contribution in [1.29, 1.82) is 0 Å². The molecule has 0 saturated carbocycles. The molecule has 1 aromatic rings. The van der Waals surface area contributed by atoms with E-state index in [1.54, 1.807) is 24.2 Å². The summed E-state index contributed by atoms with van der Waals surface area (Å²) >= 11 is 0. The summed E-state index contributed by atoms with van der Waals surface area (Å²) < 4.78 is 83.9. The van der Waals surface area contributed by atoms with Gasteiger partial charge in [0, 0.05) is 84.3 Å². The lowest BCUT2D eigenvalue weighted by Crippen LogP contribution is -2.47. The lowest BCUT2D eigenvalue weighted by molar-refractivity contribution is -0.197. The molecule has 1 aliphatic carbocycles. The lowest BCUT2D eigenvalue weighted by Gasteiger charge is -2.47. The molecule has 0 spiro atoms. The zero-order valence-electron chi connectivity index (χ0n) is 37.6. The number of hydrogen-bond acceptors (Lipinski definition) is 14. The second kappa shape index (κ2) is 18.4. The van der Waals surface area contributed by atoms with Gasteiger partial charge < -0.3 is 33.2 Å². The fourth-order valence-corrected chi connectivity index (χ4v) is 9.88. The van der Waals surface area contributed by atoms with Crippen LogP contribution in [-0.4, -0.2) is 97.9 Å². The van der Waals surface area contributed by atoms with Crippen molar-refractivity contribution < 1.29 is 54.6 Å². The van der Waals surface area contributed by atoms with E-state index in [4.69, 9.17) is 14.3 Å².